The van der Waals surface area contributed by atoms with Crippen LogP contribution in [0.4, 0.5) is 0 Å². The van der Waals surface area contributed by atoms with Crippen LogP contribution in [0.15, 0.2) is 0 Å². The summed E-state index contributed by atoms with van der Waals surface area (Å²) in [6, 6.07) is 0.520. The van der Waals surface area contributed by atoms with Gasteiger partial charge in [0.15, 0.2) is 0 Å². The topological polar surface area (TPSA) is 41.7 Å². The average molecular weight is 243 g/mol. The number of ether oxygens (including phenoxy) is 1. The predicted octanol–water partition coefficient (Wildman–Crippen LogP) is 0.768. The van der Waals surface area contributed by atoms with Gasteiger partial charge < -0.3 is 15.4 Å². The van der Waals surface area contributed by atoms with E-state index in [1.165, 1.54) is 32.5 Å². The molecule has 0 spiro atoms. The lowest BCUT2D eigenvalue weighted by molar-refractivity contribution is 0.0942. The van der Waals surface area contributed by atoms with Gasteiger partial charge in [0.05, 0.1) is 6.61 Å². The summed E-state index contributed by atoms with van der Waals surface area (Å²) < 4.78 is 5.30. The molecule has 1 saturated heterocycles. The molecule has 1 fully saturated rings. The van der Waals surface area contributed by atoms with E-state index in [1.807, 2.05) is 0 Å². The normalized spacial score (nSPS) is 19.1. The molecule has 17 heavy (non-hydrogen) atoms. The van der Waals surface area contributed by atoms with Crippen LogP contribution in [0, 0.1) is 0 Å². The van der Waals surface area contributed by atoms with Crippen molar-refractivity contribution in [1.82, 2.24) is 9.80 Å². The summed E-state index contributed by atoms with van der Waals surface area (Å²) in [5.41, 5.74) is 5.58. The second kappa shape index (κ2) is 8.86. The highest BCUT2D eigenvalue weighted by Crippen LogP contribution is 2.09. The van der Waals surface area contributed by atoms with Gasteiger partial charge in [-0.25, -0.2) is 0 Å². The predicted molar refractivity (Wildman–Crippen MR) is 72.3 cm³/mol. The van der Waals surface area contributed by atoms with Gasteiger partial charge in [0.25, 0.3) is 0 Å². The number of likely N-dealkylation sites (N-methyl/N-ethyl adjacent to an activating group) is 1. The average Bonchev–Trinajstić information content (AvgIpc) is 2.84. The van der Waals surface area contributed by atoms with Crippen LogP contribution in [-0.4, -0.2) is 69.3 Å². The molecule has 0 aromatic rings. The number of rotatable bonds is 9. The highest BCUT2D eigenvalue weighted by molar-refractivity contribution is 4.72. The van der Waals surface area contributed by atoms with E-state index in [9.17, 15) is 0 Å². The number of methoxy groups -OCH3 is 1. The highest BCUT2D eigenvalue weighted by atomic mass is 16.5. The molecule has 0 radical (unpaired) electrons. The third kappa shape index (κ3) is 5.82. The minimum Gasteiger partial charge on any atom is -0.383 e. The highest BCUT2D eigenvalue weighted by Gasteiger charge is 2.16. The molecule has 0 aromatic carbocycles. The number of hydrogen-bond acceptors (Lipinski definition) is 4. The maximum Gasteiger partial charge on any atom is 0.0617 e. The molecule has 1 aliphatic heterocycles. The Morgan fingerprint density at radius 2 is 2.06 bits per heavy atom. The molecule has 2 N–H and O–H groups in total. The monoisotopic (exact) mass is 243 g/mol. The molecule has 1 unspecified atom stereocenters. The second-order valence-corrected chi connectivity index (χ2v) is 5.07. The Labute approximate surface area is 106 Å². The standard InChI is InChI=1S/C13H29N3O/c1-15(10-11-16-8-3-4-9-16)13(12-17-2)6-5-7-14/h13H,3-12,14H2,1-2H3. The molecular weight excluding hydrogens is 214 g/mol. The Morgan fingerprint density at radius 3 is 2.65 bits per heavy atom. The molecule has 0 bridgehead atoms. The van der Waals surface area contributed by atoms with Crippen molar-refractivity contribution in [3.8, 4) is 0 Å². The van der Waals surface area contributed by atoms with Crippen molar-refractivity contribution in [3.63, 3.8) is 0 Å². The molecular formula is C13H29N3O. The first kappa shape index (κ1) is 14.9. The summed E-state index contributed by atoms with van der Waals surface area (Å²) in [6.07, 6.45) is 4.97. The van der Waals surface area contributed by atoms with Gasteiger partial charge in [-0.1, -0.05) is 0 Å². The molecule has 0 aliphatic carbocycles. The van der Waals surface area contributed by atoms with Gasteiger partial charge in [-0.15, -0.1) is 0 Å². The van der Waals surface area contributed by atoms with Crippen molar-refractivity contribution >= 4 is 0 Å². The van der Waals surface area contributed by atoms with Crippen LogP contribution in [-0.2, 0) is 4.74 Å². The fourth-order valence-electron chi connectivity index (χ4n) is 2.46. The smallest absolute Gasteiger partial charge is 0.0617 e. The van der Waals surface area contributed by atoms with Gasteiger partial charge in [-0.05, 0) is 52.4 Å². The second-order valence-electron chi connectivity index (χ2n) is 5.07. The fourth-order valence-corrected chi connectivity index (χ4v) is 2.46. The lowest BCUT2D eigenvalue weighted by atomic mass is 10.1. The van der Waals surface area contributed by atoms with Gasteiger partial charge in [-0.3, -0.25) is 4.90 Å². The van der Waals surface area contributed by atoms with Gasteiger partial charge in [0.2, 0.25) is 0 Å². The maximum absolute atomic E-state index is 5.58. The van der Waals surface area contributed by atoms with Crippen molar-refractivity contribution in [2.45, 2.75) is 31.7 Å². The Balaban J connectivity index is 2.22. The SMILES string of the molecule is COCC(CCCN)N(C)CCN1CCCC1. The summed E-state index contributed by atoms with van der Waals surface area (Å²) in [6.45, 7) is 6.49. The van der Waals surface area contributed by atoms with Crippen LogP contribution in [0.1, 0.15) is 25.7 Å². The van der Waals surface area contributed by atoms with Crippen molar-refractivity contribution in [2.24, 2.45) is 5.73 Å². The van der Waals surface area contributed by atoms with Crippen LogP contribution < -0.4 is 5.73 Å². The molecule has 1 rings (SSSR count). The van der Waals surface area contributed by atoms with Gasteiger partial charge in [0.1, 0.15) is 0 Å². The maximum atomic E-state index is 5.58. The van der Waals surface area contributed by atoms with E-state index in [1.54, 1.807) is 7.11 Å². The van der Waals surface area contributed by atoms with E-state index >= 15 is 0 Å². The molecule has 102 valence electrons. The number of nitrogens with two attached hydrogens (primary N) is 1. The molecule has 4 nitrogen and oxygen atoms in total. The van der Waals surface area contributed by atoms with E-state index in [0.717, 1.165) is 32.5 Å². The number of nitrogens with zero attached hydrogens (tertiary/aromatic N) is 2. The summed E-state index contributed by atoms with van der Waals surface area (Å²) in [5, 5.41) is 0. The summed E-state index contributed by atoms with van der Waals surface area (Å²) in [4.78, 5) is 4.99. The Kier molecular flexibility index (Phi) is 7.77. The number of likely N-dealkylation sites (tertiary alicyclic amines) is 1. The molecule has 1 atom stereocenters. The van der Waals surface area contributed by atoms with Crippen LogP contribution >= 0.6 is 0 Å². The zero-order valence-corrected chi connectivity index (χ0v) is 11.5. The van der Waals surface area contributed by atoms with E-state index in [0.29, 0.717) is 6.04 Å². The van der Waals surface area contributed by atoms with Gasteiger partial charge in [0, 0.05) is 26.2 Å². The van der Waals surface area contributed by atoms with Crippen LogP contribution in [0.25, 0.3) is 0 Å². The van der Waals surface area contributed by atoms with Gasteiger partial charge in [-0.2, -0.15) is 0 Å². The Hall–Kier alpha value is -0.160. The van der Waals surface area contributed by atoms with Crippen LogP contribution in [0.3, 0.4) is 0 Å². The van der Waals surface area contributed by atoms with E-state index in [2.05, 4.69) is 16.8 Å². The third-order valence-electron chi connectivity index (χ3n) is 3.69. The molecule has 0 amide bonds. The van der Waals surface area contributed by atoms with E-state index in [-0.39, 0.29) is 0 Å². The van der Waals surface area contributed by atoms with Crippen molar-refractivity contribution < 1.29 is 4.74 Å². The first-order valence-corrected chi connectivity index (χ1v) is 6.89. The van der Waals surface area contributed by atoms with Crippen molar-refractivity contribution in [1.29, 1.82) is 0 Å². The molecule has 0 aromatic heterocycles. The summed E-state index contributed by atoms with van der Waals surface area (Å²) in [7, 11) is 3.99. The largest absolute Gasteiger partial charge is 0.383 e. The summed E-state index contributed by atoms with van der Waals surface area (Å²) in [5.74, 6) is 0. The third-order valence-corrected chi connectivity index (χ3v) is 3.69. The number of hydrogen-bond donors (Lipinski definition) is 1. The van der Waals surface area contributed by atoms with Crippen LogP contribution in [0.5, 0.6) is 0 Å². The first-order chi connectivity index (χ1) is 8.27. The minimum absolute atomic E-state index is 0.520. The van der Waals surface area contributed by atoms with Gasteiger partial charge >= 0.3 is 0 Å². The lowest BCUT2D eigenvalue weighted by Gasteiger charge is -2.29. The minimum atomic E-state index is 0.520. The molecule has 4 heteroatoms. The Bertz CT molecular complexity index is 184. The van der Waals surface area contributed by atoms with Crippen molar-refractivity contribution in [2.75, 3.05) is 53.5 Å². The molecule has 1 heterocycles. The fraction of sp³-hybridized carbons (Fsp3) is 1.00. The molecule has 1 aliphatic rings. The van der Waals surface area contributed by atoms with Crippen molar-refractivity contribution in [3.05, 3.63) is 0 Å². The lowest BCUT2D eigenvalue weighted by Crippen LogP contribution is -2.40. The van der Waals surface area contributed by atoms with Crippen LogP contribution in [0.2, 0.25) is 0 Å². The Morgan fingerprint density at radius 1 is 1.35 bits per heavy atom. The first-order valence-electron chi connectivity index (χ1n) is 6.89. The summed E-state index contributed by atoms with van der Waals surface area (Å²) >= 11 is 0. The zero-order valence-electron chi connectivity index (χ0n) is 11.5. The molecule has 0 saturated carbocycles. The van der Waals surface area contributed by atoms with E-state index < -0.39 is 0 Å². The van der Waals surface area contributed by atoms with E-state index in [4.69, 9.17) is 10.5 Å². The quantitative estimate of drug-likeness (QED) is 0.649. The zero-order chi connectivity index (χ0) is 12.5.